The summed E-state index contributed by atoms with van der Waals surface area (Å²) in [6.07, 6.45) is 0. The summed E-state index contributed by atoms with van der Waals surface area (Å²) < 4.78 is 5.89. The number of aliphatic hydroxyl groups excluding tert-OH is 1. The van der Waals surface area contributed by atoms with Crippen molar-refractivity contribution in [2.45, 2.75) is 47.6 Å². The van der Waals surface area contributed by atoms with Gasteiger partial charge in [0.05, 0.1) is 18.2 Å². The lowest BCUT2D eigenvalue weighted by molar-refractivity contribution is -0.132. The van der Waals surface area contributed by atoms with Gasteiger partial charge >= 0.3 is 0 Å². The van der Waals surface area contributed by atoms with E-state index in [2.05, 4.69) is 32.6 Å². The van der Waals surface area contributed by atoms with Gasteiger partial charge in [-0.2, -0.15) is 0 Å². The summed E-state index contributed by atoms with van der Waals surface area (Å²) in [5.41, 5.74) is 4.76. The van der Waals surface area contributed by atoms with Crippen molar-refractivity contribution in [3.05, 3.63) is 94.6 Å². The van der Waals surface area contributed by atoms with Gasteiger partial charge in [0.1, 0.15) is 11.5 Å². The highest BCUT2D eigenvalue weighted by Gasteiger charge is 2.47. The first-order valence-corrected chi connectivity index (χ1v) is 13.6. The number of aliphatic hydroxyl groups is 1. The SMILES string of the molecule is CCN(CC)c1ccc(N2C(=O)C(=O)/C(=C(/O)c3ccc(OCC(C)C)c(C)c3)C2c2ccccc2C)cc1. The predicted molar refractivity (Wildman–Crippen MR) is 157 cm³/mol. The molecule has 3 aromatic rings. The molecule has 1 amide bonds. The molecule has 6 heteroatoms. The average molecular weight is 527 g/mol. The summed E-state index contributed by atoms with van der Waals surface area (Å²) >= 11 is 0. The van der Waals surface area contributed by atoms with Gasteiger partial charge < -0.3 is 14.7 Å². The summed E-state index contributed by atoms with van der Waals surface area (Å²) in [6, 6.07) is 19.9. The molecule has 0 saturated carbocycles. The first-order chi connectivity index (χ1) is 18.7. The Morgan fingerprint density at radius 1 is 0.949 bits per heavy atom. The molecule has 4 rings (SSSR count). The fraction of sp³-hybridized carbons (Fsp3) is 0.333. The van der Waals surface area contributed by atoms with E-state index in [-0.39, 0.29) is 11.3 Å². The van der Waals surface area contributed by atoms with Crippen molar-refractivity contribution in [1.29, 1.82) is 0 Å². The van der Waals surface area contributed by atoms with Gasteiger partial charge in [-0.15, -0.1) is 0 Å². The summed E-state index contributed by atoms with van der Waals surface area (Å²) in [5, 5.41) is 11.5. The molecule has 1 heterocycles. The Balaban J connectivity index is 1.83. The second-order valence-corrected chi connectivity index (χ2v) is 10.4. The van der Waals surface area contributed by atoms with Crippen LogP contribution in [0.2, 0.25) is 0 Å². The monoisotopic (exact) mass is 526 g/mol. The van der Waals surface area contributed by atoms with Gasteiger partial charge in [0.15, 0.2) is 0 Å². The normalized spacial score (nSPS) is 16.7. The highest BCUT2D eigenvalue weighted by atomic mass is 16.5. The van der Waals surface area contributed by atoms with Crippen LogP contribution in [0.4, 0.5) is 11.4 Å². The van der Waals surface area contributed by atoms with E-state index in [1.54, 1.807) is 18.2 Å². The number of carbonyl (C=O) groups excluding carboxylic acids is 2. The van der Waals surface area contributed by atoms with E-state index in [1.165, 1.54) is 4.90 Å². The lowest BCUT2D eigenvalue weighted by Gasteiger charge is -2.27. The van der Waals surface area contributed by atoms with Crippen molar-refractivity contribution < 1.29 is 19.4 Å². The van der Waals surface area contributed by atoms with Crippen LogP contribution in [-0.4, -0.2) is 36.5 Å². The van der Waals surface area contributed by atoms with Crippen LogP contribution in [0.15, 0.2) is 72.3 Å². The molecule has 1 atom stereocenters. The van der Waals surface area contributed by atoms with Crippen molar-refractivity contribution in [3.63, 3.8) is 0 Å². The van der Waals surface area contributed by atoms with Crippen molar-refractivity contribution >= 4 is 28.8 Å². The quantitative estimate of drug-likeness (QED) is 0.188. The van der Waals surface area contributed by atoms with Crippen molar-refractivity contribution in [2.75, 3.05) is 29.5 Å². The fourth-order valence-electron chi connectivity index (χ4n) is 5.07. The lowest BCUT2D eigenvalue weighted by atomic mass is 9.92. The lowest BCUT2D eigenvalue weighted by Crippen LogP contribution is -2.30. The number of hydrogen-bond acceptors (Lipinski definition) is 5. The smallest absolute Gasteiger partial charge is 0.300 e. The molecule has 1 N–H and O–H groups in total. The number of carbonyl (C=O) groups is 2. The second kappa shape index (κ2) is 11.8. The number of ether oxygens (including phenoxy) is 1. The average Bonchev–Trinajstić information content (AvgIpc) is 3.18. The topological polar surface area (TPSA) is 70.1 Å². The molecular formula is C33H38N2O4. The van der Waals surface area contributed by atoms with Crippen LogP contribution in [-0.2, 0) is 9.59 Å². The van der Waals surface area contributed by atoms with Crippen molar-refractivity contribution in [2.24, 2.45) is 5.92 Å². The number of hydrogen-bond donors (Lipinski definition) is 1. The molecule has 6 nitrogen and oxygen atoms in total. The summed E-state index contributed by atoms with van der Waals surface area (Å²) in [4.78, 5) is 30.8. The minimum atomic E-state index is -0.761. The van der Waals surface area contributed by atoms with Gasteiger partial charge in [-0.25, -0.2) is 0 Å². The Morgan fingerprint density at radius 3 is 2.21 bits per heavy atom. The van der Waals surface area contributed by atoms with Gasteiger partial charge in [0.2, 0.25) is 0 Å². The minimum Gasteiger partial charge on any atom is -0.507 e. The van der Waals surface area contributed by atoms with Gasteiger partial charge in [0.25, 0.3) is 11.7 Å². The second-order valence-electron chi connectivity index (χ2n) is 10.4. The highest BCUT2D eigenvalue weighted by molar-refractivity contribution is 6.51. The zero-order chi connectivity index (χ0) is 28.3. The van der Waals surface area contributed by atoms with E-state index in [1.807, 2.05) is 62.4 Å². The van der Waals surface area contributed by atoms with E-state index in [4.69, 9.17) is 4.74 Å². The number of nitrogens with zero attached hydrogens (tertiary/aromatic N) is 2. The Morgan fingerprint density at radius 2 is 1.62 bits per heavy atom. The number of benzene rings is 3. The maximum atomic E-state index is 13.6. The number of anilines is 2. The van der Waals surface area contributed by atoms with Crippen LogP contribution in [0.25, 0.3) is 5.76 Å². The van der Waals surface area contributed by atoms with E-state index in [9.17, 15) is 14.7 Å². The molecule has 1 fully saturated rings. The standard InChI is InChI=1S/C33H38N2O4/c1-7-34(8-2)25-14-16-26(17-15-25)35-30(27-12-10-9-11-22(27)5)29(32(37)33(35)38)31(36)24-13-18-28(23(6)19-24)39-20-21(3)4/h9-19,21,30,36H,7-8,20H2,1-6H3/b31-29+. The van der Waals surface area contributed by atoms with Crippen LogP contribution in [0.3, 0.4) is 0 Å². The van der Waals surface area contributed by atoms with Gasteiger partial charge in [-0.05, 0) is 92.8 Å². The minimum absolute atomic E-state index is 0.0809. The van der Waals surface area contributed by atoms with Crippen LogP contribution < -0.4 is 14.5 Å². The Kier molecular flexibility index (Phi) is 8.44. The van der Waals surface area contributed by atoms with E-state index < -0.39 is 17.7 Å². The summed E-state index contributed by atoms with van der Waals surface area (Å²) in [6.45, 7) is 14.5. The van der Waals surface area contributed by atoms with Crippen LogP contribution in [0.1, 0.15) is 56.0 Å². The maximum Gasteiger partial charge on any atom is 0.300 e. The van der Waals surface area contributed by atoms with E-state index in [0.29, 0.717) is 23.8 Å². The molecule has 0 spiro atoms. The Bertz CT molecular complexity index is 1390. The first-order valence-electron chi connectivity index (χ1n) is 13.6. The number of ketones is 1. The van der Waals surface area contributed by atoms with Gasteiger partial charge in [0, 0.05) is 30.0 Å². The highest BCUT2D eigenvalue weighted by Crippen LogP contribution is 2.43. The summed E-state index contributed by atoms with van der Waals surface area (Å²) in [5.74, 6) is -0.448. The van der Waals surface area contributed by atoms with E-state index >= 15 is 0 Å². The number of amides is 1. The third kappa shape index (κ3) is 5.56. The Labute approximate surface area is 231 Å². The molecular weight excluding hydrogens is 488 g/mol. The van der Waals surface area contributed by atoms with Crippen molar-refractivity contribution in [1.82, 2.24) is 0 Å². The molecule has 1 aliphatic rings. The zero-order valence-corrected chi connectivity index (χ0v) is 23.7. The molecule has 39 heavy (non-hydrogen) atoms. The molecule has 0 bridgehead atoms. The molecule has 0 radical (unpaired) electrons. The predicted octanol–water partition coefficient (Wildman–Crippen LogP) is 6.81. The molecule has 1 saturated heterocycles. The first kappa shape index (κ1) is 28.0. The number of aryl methyl sites for hydroxylation is 2. The van der Waals surface area contributed by atoms with Gasteiger partial charge in [-0.3, -0.25) is 14.5 Å². The largest absolute Gasteiger partial charge is 0.507 e. The zero-order valence-electron chi connectivity index (χ0n) is 23.7. The molecule has 3 aromatic carbocycles. The molecule has 0 aromatic heterocycles. The number of Topliss-reactive ketones (excluding diaryl/α,β-unsaturated/α-hetero) is 1. The summed E-state index contributed by atoms with van der Waals surface area (Å²) in [7, 11) is 0. The maximum absolute atomic E-state index is 13.6. The molecule has 0 aliphatic carbocycles. The number of rotatable bonds is 9. The van der Waals surface area contributed by atoms with E-state index in [0.717, 1.165) is 41.2 Å². The fourth-order valence-corrected chi connectivity index (χ4v) is 5.07. The molecule has 1 aliphatic heterocycles. The molecule has 204 valence electrons. The van der Waals surface area contributed by atoms with Gasteiger partial charge in [-0.1, -0.05) is 38.1 Å². The van der Waals surface area contributed by atoms with Crippen LogP contribution in [0.5, 0.6) is 5.75 Å². The third-order valence-electron chi connectivity index (χ3n) is 7.20. The Hall–Kier alpha value is -4.06. The van der Waals surface area contributed by atoms with Crippen LogP contribution in [0, 0.1) is 19.8 Å². The van der Waals surface area contributed by atoms with Crippen molar-refractivity contribution in [3.8, 4) is 5.75 Å². The van der Waals surface area contributed by atoms with Crippen LogP contribution >= 0.6 is 0 Å². The third-order valence-corrected chi connectivity index (χ3v) is 7.20. The molecule has 1 unspecified atom stereocenters.